The maximum absolute atomic E-state index is 13.6. The Bertz CT molecular complexity index is 572. The molecule has 0 aliphatic carbocycles. The van der Waals surface area contributed by atoms with Crippen LogP contribution in [0.2, 0.25) is 0 Å². The zero-order valence-electron chi connectivity index (χ0n) is 8.61. The zero-order chi connectivity index (χ0) is 12.3. The molecule has 2 aromatic rings. The summed E-state index contributed by atoms with van der Waals surface area (Å²) in [6, 6.07) is 9.90. The van der Waals surface area contributed by atoms with Crippen molar-refractivity contribution in [2.45, 2.75) is 0 Å². The van der Waals surface area contributed by atoms with Crippen molar-refractivity contribution in [3.8, 4) is 6.07 Å². The Labute approximate surface area is 106 Å². The van der Waals surface area contributed by atoms with Gasteiger partial charge in [-0.25, -0.2) is 9.37 Å². The fourth-order valence-corrected chi connectivity index (χ4v) is 1.77. The van der Waals surface area contributed by atoms with Crippen molar-refractivity contribution in [3.63, 3.8) is 0 Å². The average Bonchev–Trinajstić information content (AvgIpc) is 2.34. The van der Waals surface area contributed by atoms with E-state index in [4.69, 9.17) is 5.26 Å². The fraction of sp³-hybridized carbons (Fsp3) is 0. The van der Waals surface area contributed by atoms with Crippen LogP contribution in [0, 0.1) is 17.1 Å². The summed E-state index contributed by atoms with van der Waals surface area (Å²) >= 11 is 3.24. The Morgan fingerprint density at radius 3 is 2.82 bits per heavy atom. The third kappa shape index (κ3) is 2.43. The van der Waals surface area contributed by atoms with E-state index in [-0.39, 0.29) is 5.69 Å². The van der Waals surface area contributed by atoms with Gasteiger partial charge in [-0.2, -0.15) is 5.26 Å². The smallest absolute Gasteiger partial charge is 0.148 e. The maximum atomic E-state index is 13.6. The molecule has 0 aliphatic heterocycles. The van der Waals surface area contributed by atoms with E-state index in [1.807, 2.05) is 6.07 Å². The largest absolute Gasteiger partial charge is 0.336 e. The van der Waals surface area contributed by atoms with Gasteiger partial charge in [0.15, 0.2) is 0 Å². The van der Waals surface area contributed by atoms with Gasteiger partial charge in [0.25, 0.3) is 0 Å². The van der Waals surface area contributed by atoms with Crippen molar-refractivity contribution in [2.24, 2.45) is 0 Å². The van der Waals surface area contributed by atoms with E-state index in [1.165, 1.54) is 12.3 Å². The Balaban J connectivity index is 2.42. The summed E-state index contributed by atoms with van der Waals surface area (Å²) in [7, 11) is 0. The first-order valence-electron chi connectivity index (χ1n) is 4.78. The van der Waals surface area contributed by atoms with Crippen molar-refractivity contribution in [3.05, 3.63) is 52.4 Å². The molecule has 0 saturated heterocycles. The lowest BCUT2D eigenvalue weighted by Crippen LogP contribution is -1.99. The molecule has 0 fully saturated rings. The van der Waals surface area contributed by atoms with Gasteiger partial charge in [-0.05, 0) is 40.2 Å². The van der Waals surface area contributed by atoms with Crippen molar-refractivity contribution < 1.29 is 4.39 Å². The van der Waals surface area contributed by atoms with E-state index in [2.05, 4.69) is 26.2 Å². The molecule has 0 atom stereocenters. The first-order chi connectivity index (χ1) is 8.22. The van der Waals surface area contributed by atoms with Crippen LogP contribution in [-0.2, 0) is 0 Å². The van der Waals surface area contributed by atoms with Crippen molar-refractivity contribution in [1.29, 1.82) is 5.26 Å². The average molecular weight is 292 g/mol. The van der Waals surface area contributed by atoms with E-state index >= 15 is 0 Å². The third-order valence-corrected chi connectivity index (χ3v) is 2.80. The van der Waals surface area contributed by atoms with Crippen LogP contribution in [0.4, 0.5) is 15.9 Å². The predicted molar refractivity (Wildman–Crippen MR) is 66.3 cm³/mol. The summed E-state index contributed by atoms with van der Waals surface area (Å²) in [5.74, 6) is -0.0743. The number of halogens is 2. The predicted octanol–water partition coefficient (Wildman–Crippen LogP) is 3.60. The number of hydrogen-bond donors (Lipinski definition) is 1. The number of hydrogen-bond acceptors (Lipinski definition) is 3. The molecule has 1 aromatic carbocycles. The van der Waals surface area contributed by atoms with E-state index in [9.17, 15) is 4.39 Å². The molecular formula is C12H7BrFN3. The molecule has 1 heterocycles. The van der Waals surface area contributed by atoms with Crippen molar-refractivity contribution in [1.82, 2.24) is 4.98 Å². The van der Waals surface area contributed by atoms with Gasteiger partial charge < -0.3 is 5.32 Å². The number of benzene rings is 1. The van der Waals surface area contributed by atoms with Gasteiger partial charge in [-0.1, -0.05) is 6.07 Å². The summed E-state index contributed by atoms with van der Waals surface area (Å²) in [4.78, 5) is 4.01. The van der Waals surface area contributed by atoms with Gasteiger partial charge in [-0.3, -0.25) is 0 Å². The molecule has 0 amide bonds. The molecule has 5 heteroatoms. The summed E-state index contributed by atoms with van der Waals surface area (Å²) in [5, 5.41) is 11.7. The molecule has 0 spiro atoms. The lowest BCUT2D eigenvalue weighted by molar-refractivity contribution is 0.631. The SMILES string of the molecule is N#Cc1cccnc1Nc1c(F)cccc1Br. The molecule has 3 nitrogen and oxygen atoms in total. The van der Waals surface area contributed by atoms with Crippen LogP contribution in [0.3, 0.4) is 0 Å². The van der Waals surface area contributed by atoms with Crippen molar-refractivity contribution in [2.75, 3.05) is 5.32 Å². The highest BCUT2D eigenvalue weighted by molar-refractivity contribution is 9.10. The molecule has 0 unspecified atom stereocenters. The van der Waals surface area contributed by atoms with E-state index in [1.54, 1.807) is 24.3 Å². The second-order valence-electron chi connectivity index (χ2n) is 3.23. The van der Waals surface area contributed by atoms with Crippen LogP contribution in [0.15, 0.2) is 41.0 Å². The van der Waals surface area contributed by atoms with Crippen LogP contribution in [0.1, 0.15) is 5.56 Å². The monoisotopic (exact) mass is 291 g/mol. The minimum absolute atomic E-state index is 0.266. The number of nitrogens with zero attached hydrogens (tertiary/aromatic N) is 2. The summed E-state index contributed by atoms with van der Waals surface area (Å²) in [5.41, 5.74) is 0.630. The molecule has 0 aliphatic rings. The molecular weight excluding hydrogens is 285 g/mol. The topological polar surface area (TPSA) is 48.7 Å². The van der Waals surface area contributed by atoms with Crippen LogP contribution in [-0.4, -0.2) is 4.98 Å². The fourth-order valence-electron chi connectivity index (χ4n) is 1.33. The Morgan fingerprint density at radius 1 is 1.29 bits per heavy atom. The van der Waals surface area contributed by atoms with E-state index in [0.29, 0.717) is 15.9 Å². The van der Waals surface area contributed by atoms with Gasteiger partial charge in [0, 0.05) is 10.7 Å². The van der Waals surface area contributed by atoms with E-state index < -0.39 is 5.82 Å². The zero-order valence-corrected chi connectivity index (χ0v) is 10.2. The number of pyridine rings is 1. The third-order valence-electron chi connectivity index (χ3n) is 2.13. The summed E-state index contributed by atoms with van der Waals surface area (Å²) < 4.78 is 14.1. The van der Waals surface area contributed by atoms with Gasteiger partial charge in [0.2, 0.25) is 0 Å². The minimum atomic E-state index is -0.408. The Hall–Kier alpha value is -1.93. The first-order valence-corrected chi connectivity index (χ1v) is 5.58. The van der Waals surface area contributed by atoms with Crippen LogP contribution < -0.4 is 5.32 Å². The number of anilines is 2. The lowest BCUT2D eigenvalue weighted by atomic mass is 10.2. The highest BCUT2D eigenvalue weighted by Crippen LogP contribution is 2.28. The number of nitriles is 1. The molecule has 2 rings (SSSR count). The molecule has 84 valence electrons. The quantitative estimate of drug-likeness (QED) is 0.920. The molecule has 0 radical (unpaired) electrons. The van der Waals surface area contributed by atoms with E-state index in [0.717, 1.165) is 0 Å². The Morgan fingerprint density at radius 2 is 2.12 bits per heavy atom. The number of para-hydroxylation sites is 1. The second kappa shape index (κ2) is 4.93. The van der Waals surface area contributed by atoms with Gasteiger partial charge in [0.05, 0.1) is 11.3 Å². The standard InChI is InChI=1S/C12H7BrFN3/c13-9-4-1-5-10(14)11(9)17-12-8(7-15)3-2-6-16-12/h1-6H,(H,16,17). The number of aromatic nitrogens is 1. The van der Waals surface area contributed by atoms with Gasteiger partial charge in [-0.15, -0.1) is 0 Å². The summed E-state index contributed by atoms with van der Waals surface area (Å²) in [6.45, 7) is 0. The van der Waals surface area contributed by atoms with Crippen molar-refractivity contribution >= 4 is 27.4 Å². The molecule has 0 bridgehead atoms. The highest BCUT2D eigenvalue weighted by Gasteiger charge is 2.09. The minimum Gasteiger partial charge on any atom is -0.336 e. The normalized spacial score (nSPS) is 9.71. The van der Waals surface area contributed by atoms with Crippen LogP contribution in [0.5, 0.6) is 0 Å². The first kappa shape index (κ1) is 11.6. The highest BCUT2D eigenvalue weighted by atomic mass is 79.9. The maximum Gasteiger partial charge on any atom is 0.148 e. The molecule has 1 N–H and O–H groups in total. The Kier molecular flexibility index (Phi) is 3.35. The summed E-state index contributed by atoms with van der Waals surface area (Å²) in [6.07, 6.45) is 1.54. The van der Waals surface area contributed by atoms with Crippen LogP contribution >= 0.6 is 15.9 Å². The van der Waals surface area contributed by atoms with Gasteiger partial charge >= 0.3 is 0 Å². The lowest BCUT2D eigenvalue weighted by Gasteiger charge is -2.09. The molecule has 17 heavy (non-hydrogen) atoms. The number of nitrogens with one attached hydrogen (secondary N) is 1. The number of rotatable bonds is 2. The molecule has 0 saturated carbocycles. The van der Waals surface area contributed by atoms with Gasteiger partial charge in [0.1, 0.15) is 17.7 Å². The second-order valence-corrected chi connectivity index (χ2v) is 4.09. The molecule has 1 aromatic heterocycles. The van der Waals surface area contributed by atoms with Crippen LogP contribution in [0.25, 0.3) is 0 Å².